The first kappa shape index (κ1) is 12.8. The van der Waals surface area contributed by atoms with Crippen LogP contribution in [0.25, 0.3) is 0 Å². The normalized spacial score (nSPS) is 27.1. The predicted octanol–water partition coefficient (Wildman–Crippen LogP) is 3.00. The standard InChI is InChI=1S/C16H23NO2/c1-10(2)17-9-3-4-12-11-6-8-15(18)16(19)13(11)5-7-14(12)17/h6,8,10,12,14,18-19H,3-5,7,9H2,1-2H3/t12-,14-/m0/s1. The molecule has 0 unspecified atom stereocenters. The van der Waals surface area contributed by atoms with Crippen molar-refractivity contribution in [3.8, 4) is 11.5 Å². The van der Waals surface area contributed by atoms with Crippen LogP contribution in [0.4, 0.5) is 0 Å². The second-order valence-electron chi connectivity index (χ2n) is 6.19. The van der Waals surface area contributed by atoms with Gasteiger partial charge in [-0.05, 0) is 63.6 Å². The van der Waals surface area contributed by atoms with Crippen LogP contribution in [0.2, 0.25) is 0 Å². The zero-order valence-corrected chi connectivity index (χ0v) is 11.8. The van der Waals surface area contributed by atoms with Crippen molar-refractivity contribution >= 4 is 0 Å². The molecule has 3 rings (SSSR count). The highest BCUT2D eigenvalue weighted by atomic mass is 16.3. The Bertz CT molecular complexity index is 484. The summed E-state index contributed by atoms with van der Waals surface area (Å²) < 4.78 is 0. The molecule has 2 N–H and O–H groups in total. The van der Waals surface area contributed by atoms with E-state index in [1.54, 1.807) is 6.07 Å². The number of piperidine rings is 1. The molecular weight excluding hydrogens is 238 g/mol. The third-order valence-electron chi connectivity index (χ3n) is 4.87. The van der Waals surface area contributed by atoms with Crippen molar-refractivity contribution in [3.63, 3.8) is 0 Å². The first-order valence-corrected chi connectivity index (χ1v) is 7.39. The SMILES string of the molecule is CC(C)N1CCC[C@H]2c3ccc(O)c(O)c3CC[C@@H]21. The summed E-state index contributed by atoms with van der Waals surface area (Å²) in [5, 5.41) is 19.7. The Morgan fingerprint density at radius 2 is 2.00 bits per heavy atom. The summed E-state index contributed by atoms with van der Waals surface area (Å²) in [7, 11) is 0. The van der Waals surface area contributed by atoms with Crippen molar-refractivity contribution in [2.24, 2.45) is 0 Å². The van der Waals surface area contributed by atoms with E-state index in [-0.39, 0.29) is 11.5 Å². The molecule has 2 aliphatic rings. The molecule has 0 amide bonds. The zero-order valence-electron chi connectivity index (χ0n) is 11.8. The molecule has 0 aromatic heterocycles. The van der Waals surface area contributed by atoms with Gasteiger partial charge in [-0.3, -0.25) is 4.90 Å². The molecular formula is C16H23NO2. The fourth-order valence-electron chi connectivity index (χ4n) is 4.00. The summed E-state index contributed by atoms with van der Waals surface area (Å²) in [5.74, 6) is 0.651. The van der Waals surface area contributed by atoms with Gasteiger partial charge in [-0.1, -0.05) is 6.07 Å². The number of fused-ring (bicyclic) bond motifs is 3. The highest BCUT2D eigenvalue weighted by Crippen LogP contribution is 2.45. The van der Waals surface area contributed by atoms with Crippen LogP contribution in [0.5, 0.6) is 11.5 Å². The highest BCUT2D eigenvalue weighted by Gasteiger charge is 2.38. The first-order valence-electron chi connectivity index (χ1n) is 7.39. The number of aromatic hydroxyl groups is 2. The van der Waals surface area contributed by atoms with Crippen LogP contribution >= 0.6 is 0 Å². The molecule has 3 nitrogen and oxygen atoms in total. The van der Waals surface area contributed by atoms with E-state index >= 15 is 0 Å². The van der Waals surface area contributed by atoms with Crippen LogP contribution in [0.3, 0.4) is 0 Å². The predicted molar refractivity (Wildman–Crippen MR) is 75.7 cm³/mol. The monoisotopic (exact) mass is 261 g/mol. The molecule has 19 heavy (non-hydrogen) atoms. The molecule has 1 heterocycles. The maximum Gasteiger partial charge on any atom is 0.160 e. The van der Waals surface area contributed by atoms with E-state index in [0.717, 1.165) is 18.4 Å². The van der Waals surface area contributed by atoms with Crippen LogP contribution in [0, 0.1) is 0 Å². The molecule has 0 saturated carbocycles. The molecule has 0 bridgehead atoms. The molecule has 1 aromatic carbocycles. The molecule has 0 spiro atoms. The Morgan fingerprint density at radius 3 is 2.74 bits per heavy atom. The van der Waals surface area contributed by atoms with E-state index < -0.39 is 0 Å². The molecule has 3 heteroatoms. The second kappa shape index (κ2) is 4.71. The number of hydrogen-bond donors (Lipinski definition) is 2. The number of likely N-dealkylation sites (tertiary alicyclic amines) is 1. The van der Waals surface area contributed by atoms with Gasteiger partial charge in [0, 0.05) is 17.6 Å². The number of rotatable bonds is 1. The molecule has 1 saturated heterocycles. The van der Waals surface area contributed by atoms with E-state index in [1.807, 2.05) is 6.07 Å². The van der Waals surface area contributed by atoms with Gasteiger partial charge in [0.05, 0.1) is 0 Å². The number of benzene rings is 1. The van der Waals surface area contributed by atoms with Crippen LogP contribution in [-0.4, -0.2) is 33.7 Å². The smallest absolute Gasteiger partial charge is 0.160 e. The lowest BCUT2D eigenvalue weighted by Gasteiger charge is -2.47. The van der Waals surface area contributed by atoms with E-state index in [9.17, 15) is 10.2 Å². The van der Waals surface area contributed by atoms with Crippen molar-refractivity contribution in [2.45, 2.75) is 57.5 Å². The second-order valence-corrected chi connectivity index (χ2v) is 6.19. The minimum atomic E-state index is 0.0220. The van der Waals surface area contributed by atoms with E-state index in [1.165, 1.54) is 24.9 Å². The summed E-state index contributed by atoms with van der Waals surface area (Å²) in [4.78, 5) is 2.61. The van der Waals surface area contributed by atoms with E-state index in [0.29, 0.717) is 18.0 Å². The number of phenolic OH excluding ortho intramolecular Hbond substituents is 2. The van der Waals surface area contributed by atoms with Crippen molar-refractivity contribution in [1.82, 2.24) is 4.90 Å². The number of hydrogen-bond acceptors (Lipinski definition) is 3. The molecule has 0 radical (unpaired) electrons. The van der Waals surface area contributed by atoms with Crippen LogP contribution in [0.1, 0.15) is 50.2 Å². The molecule has 2 atom stereocenters. The molecule has 1 aromatic rings. The summed E-state index contributed by atoms with van der Waals surface area (Å²) in [6.45, 7) is 5.73. The lowest BCUT2D eigenvalue weighted by atomic mass is 9.73. The maximum absolute atomic E-state index is 10.0. The molecule has 104 valence electrons. The maximum atomic E-state index is 10.0. The van der Waals surface area contributed by atoms with Gasteiger partial charge in [0.25, 0.3) is 0 Å². The quantitative estimate of drug-likeness (QED) is 0.764. The van der Waals surface area contributed by atoms with Crippen molar-refractivity contribution in [3.05, 3.63) is 23.3 Å². The van der Waals surface area contributed by atoms with Crippen LogP contribution in [-0.2, 0) is 6.42 Å². The summed E-state index contributed by atoms with van der Waals surface area (Å²) in [6, 6.07) is 4.85. The number of nitrogens with zero attached hydrogens (tertiary/aromatic N) is 1. The minimum absolute atomic E-state index is 0.0220. The van der Waals surface area contributed by atoms with Gasteiger partial charge in [-0.15, -0.1) is 0 Å². The van der Waals surface area contributed by atoms with Crippen molar-refractivity contribution in [1.29, 1.82) is 0 Å². The zero-order chi connectivity index (χ0) is 13.6. The van der Waals surface area contributed by atoms with Crippen molar-refractivity contribution < 1.29 is 10.2 Å². The Kier molecular flexibility index (Phi) is 3.17. The van der Waals surface area contributed by atoms with E-state index in [2.05, 4.69) is 18.7 Å². The molecule has 1 aliphatic heterocycles. The van der Waals surface area contributed by atoms with Crippen LogP contribution < -0.4 is 0 Å². The van der Waals surface area contributed by atoms with Crippen molar-refractivity contribution in [2.75, 3.05) is 6.54 Å². The first-order chi connectivity index (χ1) is 9.09. The van der Waals surface area contributed by atoms with Gasteiger partial charge in [-0.25, -0.2) is 0 Å². The van der Waals surface area contributed by atoms with Gasteiger partial charge in [0.1, 0.15) is 0 Å². The topological polar surface area (TPSA) is 43.7 Å². The molecule has 1 aliphatic carbocycles. The fourth-order valence-corrected chi connectivity index (χ4v) is 4.00. The summed E-state index contributed by atoms with van der Waals surface area (Å²) in [6.07, 6.45) is 4.39. The average molecular weight is 261 g/mol. The van der Waals surface area contributed by atoms with Gasteiger partial charge >= 0.3 is 0 Å². The minimum Gasteiger partial charge on any atom is -0.504 e. The lowest BCUT2D eigenvalue weighted by Crippen LogP contribution is -2.49. The summed E-state index contributed by atoms with van der Waals surface area (Å²) in [5.41, 5.74) is 2.24. The van der Waals surface area contributed by atoms with E-state index in [4.69, 9.17) is 0 Å². The van der Waals surface area contributed by atoms with Crippen LogP contribution in [0.15, 0.2) is 12.1 Å². The Hall–Kier alpha value is -1.22. The van der Waals surface area contributed by atoms with Gasteiger partial charge < -0.3 is 10.2 Å². The average Bonchev–Trinajstić information content (AvgIpc) is 2.41. The third-order valence-corrected chi connectivity index (χ3v) is 4.87. The summed E-state index contributed by atoms with van der Waals surface area (Å²) >= 11 is 0. The third kappa shape index (κ3) is 2.00. The Balaban J connectivity index is 1.99. The Morgan fingerprint density at radius 1 is 1.21 bits per heavy atom. The Labute approximate surface area is 114 Å². The number of phenols is 2. The molecule has 1 fully saturated rings. The largest absolute Gasteiger partial charge is 0.504 e. The fraction of sp³-hybridized carbons (Fsp3) is 0.625. The highest BCUT2D eigenvalue weighted by molar-refractivity contribution is 5.51. The van der Waals surface area contributed by atoms with Gasteiger partial charge in [-0.2, -0.15) is 0 Å². The lowest BCUT2D eigenvalue weighted by molar-refractivity contribution is 0.0811. The van der Waals surface area contributed by atoms with Gasteiger partial charge in [0.15, 0.2) is 11.5 Å². The van der Waals surface area contributed by atoms with Gasteiger partial charge in [0.2, 0.25) is 0 Å².